The third-order valence-corrected chi connectivity index (χ3v) is 4.97. The van der Waals surface area contributed by atoms with E-state index in [1.165, 1.54) is 12.1 Å². The molecule has 0 aliphatic heterocycles. The summed E-state index contributed by atoms with van der Waals surface area (Å²) in [6.07, 6.45) is 3.00. The number of hydrogen-bond acceptors (Lipinski definition) is 5. The second-order valence-corrected chi connectivity index (χ2v) is 6.71. The van der Waals surface area contributed by atoms with Gasteiger partial charge in [0.05, 0.1) is 16.7 Å². The first-order valence-corrected chi connectivity index (χ1v) is 8.41. The molecule has 3 aromatic rings. The zero-order valence-corrected chi connectivity index (χ0v) is 14.3. The van der Waals surface area contributed by atoms with E-state index in [0.717, 1.165) is 24.6 Å². The van der Waals surface area contributed by atoms with Gasteiger partial charge in [0.2, 0.25) is 0 Å². The number of H-pyrrole nitrogens is 1. The van der Waals surface area contributed by atoms with Crippen molar-refractivity contribution in [1.82, 2.24) is 9.97 Å². The van der Waals surface area contributed by atoms with E-state index in [4.69, 9.17) is 28.5 Å². The van der Waals surface area contributed by atoms with Gasteiger partial charge in [-0.05, 0) is 42.0 Å². The number of aromatic amines is 1. The van der Waals surface area contributed by atoms with Crippen LogP contribution in [0, 0.1) is 11.2 Å². The van der Waals surface area contributed by atoms with E-state index >= 15 is 0 Å². The number of aromatic nitrogens is 2. The molecule has 0 unspecified atom stereocenters. The number of nitrogen functional groups attached to an aromatic ring is 2. The Bertz CT molecular complexity index is 1140. The zero-order chi connectivity index (χ0) is 18.6. The molecule has 0 radical (unpaired) electrons. The molecule has 2 heterocycles. The molecule has 1 aromatic carbocycles. The molecule has 6 N–H and O–H groups in total. The molecule has 0 spiro atoms. The van der Waals surface area contributed by atoms with Gasteiger partial charge in [0.15, 0.2) is 0 Å². The Hall–Kier alpha value is -2.93. The monoisotopic (exact) mass is 371 g/mol. The van der Waals surface area contributed by atoms with Gasteiger partial charge < -0.3 is 21.9 Å². The van der Waals surface area contributed by atoms with Crippen LogP contribution in [0.3, 0.4) is 0 Å². The highest BCUT2D eigenvalue weighted by Crippen LogP contribution is 2.44. The maximum atomic E-state index is 13.8. The van der Waals surface area contributed by atoms with Crippen molar-refractivity contribution in [1.29, 1.82) is 5.41 Å². The molecule has 1 aliphatic rings. The number of halogens is 2. The molecular formula is C18H15ClFN5O. The highest BCUT2D eigenvalue weighted by atomic mass is 35.5. The van der Waals surface area contributed by atoms with E-state index in [9.17, 15) is 9.18 Å². The van der Waals surface area contributed by atoms with Gasteiger partial charge in [0.25, 0.3) is 5.56 Å². The van der Waals surface area contributed by atoms with Crippen LogP contribution in [0.25, 0.3) is 22.2 Å². The Morgan fingerprint density at radius 3 is 2.69 bits per heavy atom. The summed E-state index contributed by atoms with van der Waals surface area (Å²) in [7, 11) is 0. The van der Waals surface area contributed by atoms with Gasteiger partial charge in [-0.25, -0.2) is 9.37 Å². The Morgan fingerprint density at radius 1 is 1.31 bits per heavy atom. The number of nitrogens with one attached hydrogen (secondary N) is 2. The predicted octanol–water partition coefficient (Wildman–Crippen LogP) is 3.42. The molecule has 132 valence electrons. The first-order chi connectivity index (χ1) is 12.4. The van der Waals surface area contributed by atoms with E-state index in [2.05, 4.69) is 9.97 Å². The quantitative estimate of drug-likeness (QED) is 0.320. The third-order valence-electron chi connectivity index (χ3n) is 4.67. The van der Waals surface area contributed by atoms with Crippen LogP contribution >= 0.6 is 11.6 Å². The average molecular weight is 372 g/mol. The lowest BCUT2D eigenvalue weighted by molar-refractivity contribution is 0.632. The lowest BCUT2D eigenvalue weighted by atomic mass is 9.96. The molecule has 0 saturated heterocycles. The normalized spacial score (nSPS) is 13.9. The molecule has 26 heavy (non-hydrogen) atoms. The van der Waals surface area contributed by atoms with Crippen LogP contribution in [0.2, 0.25) is 5.15 Å². The van der Waals surface area contributed by atoms with Gasteiger partial charge in [0, 0.05) is 17.3 Å². The maximum absolute atomic E-state index is 13.8. The Morgan fingerprint density at radius 2 is 2.04 bits per heavy atom. The second kappa shape index (κ2) is 5.81. The van der Waals surface area contributed by atoms with Crippen molar-refractivity contribution in [2.24, 2.45) is 0 Å². The SMILES string of the molecule is N=Cc1c(-c2c(N)c(=O)[nH]c3cc(C4CC4)c(Cl)nc23)ccc(F)c1N. The smallest absolute Gasteiger partial charge is 0.272 e. The number of rotatable bonds is 3. The van der Waals surface area contributed by atoms with Crippen molar-refractivity contribution in [2.45, 2.75) is 18.8 Å². The van der Waals surface area contributed by atoms with Gasteiger partial charge in [-0.15, -0.1) is 0 Å². The zero-order valence-electron chi connectivity index (χ0n) is 13.6. The van der Waals surface area contributed by atoms with Gasteiger partial charge in [-0.3, -0.25) is 4.79 Å². The summed E-state index contributed by atoms with van der Waals surface area (Å²) in [6.45, 7) is 0. The number of anilines is 2. The third kappa shape index (κ3) is 2.43. The van der Waals surface area contributed by atoms with Crippen molar-refractivity contribution in [3.63, 3.8) is 0 Å². The van der Waals surface area contributed by atoms with Crippen LogP contribution in [0.15, 0.2) is 23.0 Å². The molecule has 2 aromatic heterocycles. The number of benzene rings is 1. The topological polar surface area (TPSA) is 122 Å². The largest absolute Gasteiger partial charge is 0.396 e. The minimum Gasteiger partial charge on any atom is -0.396 e. The van der Waals surface area contributed by atoms with Gasteiger partial charge in [-0.1, -0.05) is 17.7 Å². The fourth-order valence-electron chi connectivity index (χ4n) is 3.16. The number of fused-ring (bicyclic) bond motifs is 1. The summed E-state index contributed by atoms with van der Waals surface area (Å²) in [5.74, 6) is -0.301. The first kappa shape index (κ1) is 16.5. The van der Waals surface area contributed by atoms with Crippen LogP contribution in [0.5, 0.6) is 0 Å². The first-order valence-electron chi connectivity index (χ1n) is 8.03. The number of nitrogens with zero attached hydrogens (tertiary/aromatic N) is 1. The summed E-state index contributed by atoms with van der Waals surface area (Å²) in [4.78, 5) is 19.5. The average Bonchev–Trinajstić information content (AvgIpc) is 3.44. The fraction of sp³-hybridized carbons (Fsp3) is 0.167. The van der Waals surface area contributed by atoms with Crippen molar-refractivity contribution in [2.75, 3.05) is 11.5 Å². The molecule has 8 heteroatoms. The molecule has 0 amide bonds. The molecule has 0 atom stereocenters. The molecule has 1 fully saturated rings. The number of pyridine rings is 2. The van der Waals surface area contributed by atoms with Crippen molar-refractivity contribution >= 4 is 40.2 Å². The minimum absolute atomic E-state index is 0.0886. The summed E-state index contributed by atoms with van der Waals surface area (Å²) < 4.78 is 13.8. The minimum atomic E-state index is -0.651. The second-order valence-electron chi connectivity index (χ2n) is 6.35. The van der Waals surface area contributed by atoms with E-state index in [0.29, 0.717) is 27.7 Å². The number of nitrogens with two attached hydrogens (primary N) is 2. The molecule has 1 aliphatic carbocycles. The summed E-state index contributed by atoms with van der Waals surface area (Å²) in [5.41, 5.74) is 13.6. The van der Waals surface area contributed by atoms with Gasteiger partial charge in [0.1, 0.15) is 16.7 Å². The fourth-order valence-corrected chi connectivity index (χ4v) is 3.45. The number of hydrogen-bond donors (Lipinski definition) is 4. The lowest BCUT2D eigenvalue weighted by Crippen LogP contribution is -2.15. The standard InChI is InChI=1S/C18H15ClFN5O/c19-17-9(7-1-2-7)5-12-16(25-17)13(15(23)18(26)24-12)8-3-4-11(20)14(22)10(8)6-21/h3-7,21H,1-2,22-23H2,(H,24,26). The predicted molar refractivity (Wildman–Crippen MR) is 101 cm³/mol. The highest BCUT2D eigenvalue weighted by molar-refractivity contribution is 6.31. The van der Waals surface area contributed by atoms with E-state index < -0.39 is 11.4 Å². The van der Waals surface area contributed by atoms with Crippen LogP contribution in [0.4, 0.5) is 15.8 Å². The molecule has 1 saturated carbocycles. The Kier molecular flexibility index (Phi) is 3.69. The lowest BCUT2D eigenvalue weighted by Gasteiger charge is -2.14. The van der Waals surface area contributed by atoms with E-state index in [1.807, 2.05) is 6.07 Å². The van der Waals surface area contributed by atoms with E-state index in [1.54, 1.807) is 0 Å². The molecule has 0 bridgehead atoms. The summed E-state index contributed by atoms with van der Waals surface area (Å²) in [6, 6.07) is 4.41. The molecule has 6 nitrogen and oxygen atoms in total. The molecule has 4 rings (SSSR count). The van der Waals surface area contributed by atoms with Crippen molar-refractivity contribution in [3.05, 3.63) is 50.7 Å². The Balaban J connectivity index is 2.11. The van der Waals surface area contributed by atoms with E-state index in [-0.39, 0.29) is 22.5 Å². The highest BCUT2D eigenvalue weighted by Gasteiger charge is 2.28. The van der Waals surface area contributed by atoms with Crippen LogP contribution < -0.4 is 17.0 Å². The van der Waals surface area contributed by atoms with Crippen LogP contribution in [-0.2, 0) is 0 Å². The summed E-state index contributed by atoms with van der Waals surface area (Å²) in [5, 5.41) is 7.95. The van der Waals surface area contributed by atoms with Crippen molar-refractivity contribution < 1.29 is 4.39 Å². The maximum Gasteiger partial charge on any atom is 0.272 e. The van der Waals surface area contributed by atoms with Crippen molar-refractivity contribution in [3.8, 4) is 11.1 Å². The molecular weight excluding hydrogens is 357 g/mol. The van der Waals surface area contributed by atoms with Gasteiger partial charge in [-0.2, -0.15) is 0 Å². The van der Waals surface area contributed by atoms with Gasteiger partial charge >= 0.3 is 0 Å². The van der Waals surface area contributed by atoms with Crippen LogP contribution in [-0.4, -0.2) is 16.2 Å². The summed E-state index contributed by atoms with van der Waals surface area (Å²) >= 11 is 6.35. The Labute approximate surface area is 152 Å². The van der Waals surface area contributed by atoms with Crippen LogP contribution in [0.1, 0.15) is 29.9 Å².